The highest BCUT2D eigenvalue weighted by Gasteiger charge is 2.10. The molecule has 0 aliphatic rings. The van der Waals surface area contributed by atoms with Gasteiger partial charge in [-0.2, -0.15) is 0 Å². The highest BCUT2D eigenvalue weighted by atomic mass is 16.1. The topological polar surface area (TPSA) is 22.0 Å². The molecule has 1 aromatic carbocycles. The van der Waals surface area contributed by atoms with Gasteiger partial charge in [-0.25, -0.2) is 0 Å². The van der Waals surface area contributed by atoms with E-state index in [9.17, 15) is 4.79 Å². The van der Waals surface area contributed by atoms with Crippen molar-refractivity contribution in [1.82, 2.24) is 4.57 Å². The minimum Gasteiger partial charge on any atom is -0.345 e. The molecule has 0 amide bonds. The summed E-state index contributed by atoms with van der Waals surface area (Å²) in [4.78, 5) is 10.7. The lowest BCUT2D eigenvalue weighted by atomic mass is 10.0. The number of hydrogen-bond acceptors (Lipinski definition) is 1. The highest BCUT2D eigenvalue weighted by molar-refractivity contribution is 5.88. The maximum atomic E-state index is 10.7. The molecule has 0 spiro atoms. The Morgan fingerprint density at radius 1 is 1.38 bits per heavy atom. The van der Waals surface area contributed by atoms with Gasteiger partial charge in [-0.1, -0.05) is 12.1 Å². The second kappa shape index (κ2) is 4.12. The molecule has 0 aliphatic carbocycles. The molecule has 2 heteroatoms. The van der Waals surface area contributed by atoms with Crippen LogP contribution >= 0.6 is 0 Å². The summed E-state index contributed by atoms with van der Waals surface area (Å²) in [7, 11) is 0. The van der Waals surface area contributed by atoms with Crippen LogP contribution in [0.2, 0.25) is 0 Å². The number of nitrogens with zero attached hydrogens (tertiary/aromatic N) is 1. The Kier molecular flexibility index (Phi) is 2.82. The maximum Gasteiger partial charge on any atom is 0.124 e. The van der Waals surface area contributed by atoms with Gasteiger partial charge < -0.3 is 9.36 Å². The number of aryl methyl sites for hydroxylation is 1. The third-order valence-electron chi connectivity index (χ3n) is 2.99. The standard InChI is InChI=1S/C14H17NO/c1-10(2)15-9-11(3)14-12(7-8-16)5-4-6-13(14)15/h4-6,8-10H,7H2,1-3H3. The number of aromatic nitrogens is 1. The van der Waals surface area contributed by atoms with Crippen molar-refractivity contribution in [3.63, 3.8) is 0 Å². The third-order valence-corrected chi connectivity index (χ3v) is 2.99. The van der Waals surface area contributed by atoms with Crippen molar-refractivity contribution >= 4 is 17.2 Å². The summed E-state index contributed by atoms with van der Waals surface area (Å²) in [5, 5.41) is 1.24. The SMILES string of the molecule is Cc1cn(C(C)C)c2cccc(CC=O)c12. The Morgan fingerprint density at radius 3 is 2.75 bits per heavy atom. The molecule has 0 saturated heterocycles. The van der Waals surface area contributed by atoms with E-state index in [4.69, 9.17) is 0 Å². The minimum absolute atomic E-state index is 0.447. The molecule has 84 valence electrons. The normalized spacial score (nSPS) is 11.2. The summed E-state index contributed by atoms with van der Waals surface area (Å²) in [5.74, 6) is 0. The lowest BCUT2D eigenvalue weighted by molar-refractivity contribution is -0.107. The van der Waals surface area contributed by atoms with Crippen molar-refractivity contribution in [1.29, 1.82) is 0 Å². The largest absolute Gasteiger partial charge is 0.345 e. The van der Waals surface area contributed by atoms with Gasteiger partial charge >= 0.3 is 0 Å². The van der Waals surface area contributed by atoms with Gasteiger partial charge in [0.25, 0.3) is 0 Å². The molecule has 16 heavy (non-hydrogen) atoms. The molecule has 2 nitrogen and oxygen atoms in total. The van der Waals surface area contributed by atoms with Crippen LogP contribution in [0.15, 0.2) is 24.4 Å². The van der Waals surface area contributed by atoms with Crippen LogP contribution in [0.3, 0.4) is 0 Å². The fourth-order valence-corrected chi connectivity index (χ4v) is 2.29. The molecule has 0 N–H and O–H groups in total. The average molecular weight is 215 g/mol. The summed E-state index contributed by atoms with van der Waals surface area (Å²) >= 11 is 0. The second-order valence-corrected chi connectivity index (χ2v) is 4.50. The first-order valence-corrected chi connectivity index (χ1v) is 5.67. The Labute approximate surface area is 95.9 Å². The lowest BCUT2D eigenvalue weighted by Crippen LogP contribution is -1.98. The fraction of sp³-hybridized carbons (Fsp3) is 0.357. The van der Waals surface area contributed by atoms with E-state index >= 15 is 0 Å². The molecule has 2 aromatic rings. The predicted molar refractivity (Wildman–Crippen MR) is 66.8 cm³/mol. The van der Waals surface area contributed by atoms with Crippen LogP contribution in [0.1, 0.15) is 31.0 Å². The monoisotopic (exact) mass is 215 g/mol. The van der Waals surface area contributed by atoms with Crippen LogP contribution < -0.4 is 0 Å². The average Bonchev–Trinajstić information content (AvgIpc) is 2.58. The van der Waals surface area contributed by atoms with Gasteiger partial charge in [-0.3, -0.25) is 0 Å². The van der Waals surface area contributed by atoms with Crippen LogP contribution in [0, 0.1) is 6.92 Å². The third kappa shape index (κ3) is 1.64. The van der Waals surface area contributed by atoms with Crippen molar-refractivity contribution in [2.45, 2.75) is 33.2 Å². The van der Waals surface area contributed by atoms with Crippen molar-refractivity contribution in [3.8, 4) is 0 Å². The predicted octanol–water partition coefficient (Wildman–Crippen LogP) is 3.27. The molecule has 0 unspecified atom stereocenters. The summed E-state index contributed by atoms with van der Waals surface area (Å²) in [6.45, 7) is 6.45. The van der Waals surface area contributed by atoms with E-state index in [0.717, 1.165) is 11.8 Å². The quantitative estimate of drug-likeness (QED) is 0.720. The zero-order chi connectivity index (χ0) is 11.7. The summed E-state index contributed by atoms with van der Waals surface area (Å²) in [5.41, 5.74) is 3.61. The van der Waals surface area contributed by atoms with Gasteiger partial charge in [-0.15, -0.1) is 0 Å². The molecule has 0 fully saturated rings. The maximum absolute atomic E-state index is 10.7. The van der Waals surface area contributed by atoms with Crippen LogP contribution in [-0.2, 0) is 11.2 Å². The Morgan fingerprint density at radius 2 is 2.12 bits per heavy atom. The molecule has 0 radical (unpaired) electrons. The molecular weight excluding hydrogens is 198 g/mol. The first-order chi connectivity index (χ1) is 7.65. The minimum atomic E-state index is 0.447. The Hall–Kier alpha value is -1.57. The van der Waals surface area contributed by atoms with E-state index in [-0.39, 0.29) is 0 Å². The molecule has 0 saturated carbocycles. The van der Waals surface area contributed by atoms with E-state index in [2.05, 4.69) is 37.6 Å². The van der Waals surface area contributed by atoms with E-state index in [1.165, 1.54) is 16.5 Å². The second-order valence-electron chi connectivity index (χ2n) is 4.50. The molecule has 0 bridgehead atoms. The molecule has 2 rings (SSSR count). The van der Waals surface area contributed by atoms with E-state index in [1.54, 1.807) is 0 Å². The van der Waals surface area contributed by atoms with Crippen molar-refractivity contribution in [3.05, 3.63) is 35.5 Å². The van der Waals surface area contributed by atoms with Gasteiger partial charge in [0.1, 0.15) is 6.29 Å². The smallest absolute Gasteiger partial charge is 0.124 e. The van der Waals surface area contributed by atoms with Gasteiger partial charge in [0.2, 0.25) is 0 Å². The molecule has 1 aromatic heterocycles. The van der Waals surface area contributed by atoms with Crippen molar-refractivity contribution in [2.75, 3.05) is 0 Å². The molecular formula is C14H17NO. The van der Waals surface area contributed by atoms with Crippen molar-refractivity contribution < 1.29 is 4.79 Å². The number of carbonyl (C=O) groups is 1. The molecule has 0 atom stereocenters. The van der Waals surface area contributed by atoms with Crippen LogP contribution in [0.5, 0.6) is 0 Å². The number of hydrogen-bond donors (Lipinski definition) is 0. The fourth-order valence-electron chi connectivity index (χ4n) is 2.29. The van der Waals surface area contributed by atoms with Gasteiger partial charge in [0.05, 0.1) is 0 Å². The summed E-state index contributed by atoms with van der Waals surface area (Å²) in [6.07, 6.45) is 3.64. The number of benzene rings is 1. The zero-order valence-electron chi connectivity index (χ0n) is 10.0. The first-order valence-electron chi connectivity index (χ1n) is 5.67. The first kappa shape index (κ1) is 10.9. The van der Waals surface area contributed by atoms with Crippen LogP contribution in [0.25, 0.3) is 10.9 Å². The lowest BCUT2D eigenvalue weighted by Gasteiger charge is -2.09. The number of rotatable bonds is 3. The van der Waals surface area contributed by atoms with Crippen molar-refractivity contribution in [2.24, 2.45) is 0 Å². The summed E-state index contributed by atoms with van der Waals surface area (Å²) < 4.78 is 2.26. The van der Waals surface area contributed by atoms with Crippen LogP contribution in [0.4, 0.5) is 0 Å². The zero-order valence-corrected chi connectivity index (χ0v) is 10.0. The summed E-state index contributed by atoms with van der Waals surface area (Å²) in [6, 6.07) is 6.63. The van der Waals surface area contributed by atoms with Gasteiger partial charge in [-0.05, 0) is 38.0 Å². The van der Waals surface area contributed by atoms with E-state index < -0.39 is 0 Å². The Balaban J connectivity index is 2.73. The number of fused-ring (bicyclic) bond motifs is 1. The van der Waals surface area contributed by atoms with Crippen LogP contribution in [-0.4, -0.2) is 10.9 Å². The molecule has 0 aliphatic heterocycles. The van der Waals surface area contributed by atoms with E-state index in [0.29, 0.717) is 12.5 Å². The number of aldehydes is 1. The van der Waals surface area contributed by atoms with Gasteiger partial charge in [0.15, 0.2) is 0 Å². The van der Waals surface area contributed by atoms with Gasteiger partial charge in [0, 0.05) is 29.6 Å². The number of carbonyl (C=O) groups excluding carboxylic acids is 1. The Bertz CT molecular complexity index is 523. The molecule has 1 heterocycles. The highest BCUT2D eigenvalue weighted by Crippen LogP contribution is 2.27. The van der Waals surface area contributed by atoms with E-state index in [1.807, 2.05) is 12.1 Å².